The molecule has 0 saturated carbocycles. The van der Waals surface area contributed by atoms with Gasteiger partial charge < -0.3 is 13.9 Å². The van der Waals surface area contributed by atoms with Crippen LogP contribution in [-0.2, 0) is 16.0 Å². The van der Waals surface area contributed by atoms with Crippen molar-refractivity contribution in [2.75, 3.05) is 6.61 Å². The van der Waals surface area contributed by atoms with Crippen molar-refractivity contribution in [3.8, 4) is 16.9 Å². The van der Waals surface area contributed by atoms with E-state index in [1.807, 2.05) is 18.2 Å². The molecule has 0 aliphatic heterocycles. The number of benzene rings is 2. The van der Waals surface area contributed by atoms with Gasteiger partial charge in [-0.3, -0.25) is 0 Å². The monoisotopic (exact) mass is 390 g/mol. The van der Waals surface area contributed by atoms with Crippen LogP contribution >= 0.6 is 0 Å². The van der Waals surface area contributed by atoms with E-state index in [9.17, 15) is 9.59 Å². The second-order valence-corrected chi connectivity index (χ2v) is 6.65. The molecule has 1 heterocycles. The molecule has 0 N–H and O–H groups in total. The summed E-state index contributed by atoms with van der Waals surface area (Å²) in [5.41, 5.74) is 2.65. The second kappa shape index (κ2) is 9.06. The molecule has 5 heteroatoms. The first kappa shape index (κ1) is 20.1. The van der Waals surface area contributed by atoms with Gasteiger partial charge in [0.05, 0.1) is 18.4 Å². The van der Waals surface area contributed by atoms with Gasteiger partial charge in [-0.05, 0) is 55.2 Å². The average Bonchev–Trinajstić information content (AvgIpc) is 2.71. The third-order valence-corrected chi connectivity index (χ3v) is 4.37. The van der Waals surface area contributed by atoms with E-state index >= 15 is 0 Å². The molecule has 0 atom stereocenters. The Bertz CT molecular complexity index is 1110. The first-order valence-corrected chi connectivity index (χ1v) is 9.25. The fraction of sp³-hybridized carbons (Fsp3) is 0.167. The lowest BCUT2D eigenvalue weighted by Crippen LogP contribution is -2.08. The van der Waals surface area contributed by atoms with Crippen molar-refractivity contribution in [1.29, 1.82) is 0 Å². The second-order valence-electron chi connectivity index (χ2n) is 6.65. The van der Waals surface area contributed by atoms with Gasteiger partial charge in [-0.2, -0.15) is 0 Å². The standard InChI is InChI=1S/C24H22O5/c1-4-27-13-5-6-17-7-8-19-15-21(24(26)29-22(19)14-17)18-9-11-20(12-10-18)28-23(25)16(2)3/h4,7-12,14-15H,1-2,5-6,13H2,3H3. The van der Waals surface area contributed by atoms with Crippen LogP contribution in [0.1, 0.15) is 18.9 Å². The quantitative estimate of drug-likeness (QED) is 0.135. The van der Waals surface area contributed by atoms with Crippen LogP contribution < -0.4 is 10.4 Å². The molecule has 3 rings (SSSR count). The maximum absolute atomic E-state index is 12.5. The smallest absolute Gasteiger partial charge is 0.344 e. The Morgan fingerprint density at radius 2 is 1.90 bits per heavy atom. The fourth-order valence-electron chi connectivity index (χ4n) is 2.85. The summed E-state index contributed by atoms with van der Waals surface area (Å²) in [5, 5.41) is 0.837. The van der Waals surface area contributed by atoms with Crippen molar-refractivity contribution in [3.63, 3.8) is 0 Å². The highest BCUT2D eigenvalue weighted by Gasteiger charge is 2.10. The highest BCUT2D eigenvalue weighted by molar-refractivity contribution is 5.89. The third kappa shape index (κ3) is 5.02. The van der Waals surface area contributed by atoms with E-state index in [0.29, 0.717) is 34.6 Å². The topological polar surface area (TPSA) is 65.7 Å². The fourth-order valence-corrected chi connectivity index (χ4v) is 2.85. The summed E-state index contributed by atoms with van der Waals surface area (Å²) >= 11 is 0. The van der Waals surface area contributed by atoms with Crippen LogP contribution in [0.3, 0.4) is 0 Å². The Morgan fingerprint density at radius 1 is 1.14 bits per heavy atom. The molecular weight excluding hydrogens is 368 g/mol. The van der Waals surface area contributed by atoms with Gasteiger partial charge in [0, 0.05) is 11.0 Å². The van der Waals surface area contributed by atoms with Gasteiger partial charge >= 0.3 is 11.6 Å². The third-order valence-electron chi connectivity index (χ3n) is 4.37. The van der Waals surface area contributed by atoms with Crippen molar-refractivity contribution < 1.29 is 18.7 Å². The van der Waals surface area contributed by atoms with Gasteiger partial charge in [0.25, 0.3) is 0 Å². The Hall–Kier alpha value is -3.60. The Labute approximate surface area is 168 Å². The number of carbonyl (C=O) groups is 1. The number of hydrogen-bond donors (Lipinski definition) is 0. The number of carbonyl (C=O) groups excluding carboxylic acids is 1. The van der Waals surface area contributed by atoms with Gasteiger partial charge in [-0.15, -0.1) is 0 Å². The van der Waals surface area contributed by atoms with Crippen molar-refractivity contribution in [2.24, 2.45) is 0 Å². The van der Waals surface area contributed by atoms with E-state index in [4.69, 9.17) is 13.9 Å². The summed E-state index contributed by atoms with van der Waals surface area (Å²) in [7, 11) is 0. The predicted molar refractivity (Wildman–Crippen MR) is 113 cm³/mol. The predicted octanol–water partition coefficient (Wildman–Crippen LogP) is 5.03. The summed E-state index contributed by atoms with van der Waals surface area (Å²) in [6.07, 6.45) is 3.10. The van der Waals surface area contributed by atoms with Crippen molar-refractivity contribution in [2.45, 2.75) is 19.8 Å². The van der Waals surface area contributed by atoms with E-state index in [0.717, 1.165) is 23.8 Å². The number of fused-ring (bicyclic) bond motifs is 1. The number of ether oxygens (including phenoxy) is 2. The van der Waals surface area contributed by atoms with Crippen LogP contribution in [0.4, 0.5) is 0 Å². The number of aryl methyl sites for hydroxylation is 1. The zero-order valence-electron chi connectivity index (χ0n) is 16.3. The molecule has 0 radical (unpaired) electrons. The van der Waals surface area contributed by atoms with Crippen LogP contribution in [0.2, 0.25) is 0 Å². The lowest BCUT2D eigenvalue weighted by molar-refractivity contribution is -0.130. The van der Waals surface area contributed by atoms with E-state index in [1.54, 1.807) is 37.3 Å². The molecule has 0 spiro atoms. The SMILES string of the molecule is C=COCCCc1ccc2cc(-c3ccc(OC(=O)C(=C)C)cc3)c(=O)oc2c1. The van der Waals surface area contributed by atoms with Crippen LogP contribution in [0, 0.1) is 0 Å². The van der Waals surface area contributed by atoms with Gasteiger partial charge in [-0.25, -0.2) is 9.59 Å². The zero-order valence-corrected chi connectivity index (χ0v) is 16.3. The van der Waals surface area contributed by atoms with Crippen molar-refractivity contribution >= 4 is 16.9 Å². The largest absolute Gasteiger partial charge is 0.502 e. The summed E-state index contributed by atoms with van der Waals surface area (Å²) in [6, 6.07) is 14.3. The highest BCUT2D eigenvalue weighted by atomic mass is 16.5. The maximum atomic E-state index is 12.5. The van der Waals surface area contributed by atoms with E-state index in [-0.39, 0.29) is 0 Å². The zero-order chi connectivity index (χ0) is 20.8. The summed E-state index contributed by atoms with van der Waals surface area (Å²) in [4.78, 5) is 24.1. The molecule has 148 valence electrons. The molecule has 1 aromatic heterocycles. The molecular formula is C24H22O5. The Kier molecular flexibility index (Phi) is 6.29. The van der Waals surface area contributed by atoms with Gasteiger partial charge in [-0.1, -0.05) is 37.4 Å². The maximum Gasteiger partial charge on any atom is 0.344 e. The normalized spacial score (nSPS) is 10.5. The molecule has 0 amide bonds. The van der Waals surface area contributed by atoms with Crippen LogP contribution in [0.25, 0.3) is 22.1 Å². The minimum atomic E-state index is -0.491. The molecule has 3 aromatic rings. The Balaban J connectivity index is 1.82. The van der Waals surface area contributed by atoms with Gasteiger partial charge in [0.15, 0.2) is 0 Å². The van der Waals surface area contributed by atoms with Crippen LogP contribution in [0.5, 0.6) is 5.75 Å². The lowest BCUT2D eigenvalue weighted by atomic mass is 10.0. The molecule has 0 bridgehead atoms. The molecule has 5 nitrogen and oxygen atoms in total. The molecule has 0 aliphatic rings. The van der Waals surface area contributed by atoms with E-state index in [2.05, 4.69) is 13.2 Å². The Morgan fingerprint density at radius 3 is 2.59 bits per heavy atom. The number of esters is 1. The summed E-state index contributed by atoms with van der Waals surface area (Å²) in [6.45, 7) is 9.25. The molecule has 29 heavy (non-hydrogen) atoms. The molecule has 0 aliphatic carbocycles. The van der Waals surface area contributed by atoms with Crippen LogP contribution in [0.15, 0.2) is 82.7 Å². The van der Waals surface area contributed by atoms with Crippen molar-refractivity contribution in [1.82, 2.24) is 0 Å². The van der Waals surface area contributed by atoms with E-state index < -0.39 is 11.6 Å². The summed E-state index contributed by atoms with van der Waals surface area (Å²) < 4.78 is 15.8. The van der Waals surface area contributed by atoms with Gasteiger partial charge in [0.2, 0.25) is 0 Å². The lowest BCUT2D eigenvalue weighted by Gasteiger charge is -2.07. The minimum Gasteiger partial charge on any atom is -0.502 e. The highest BCUT2D eigenvalue weighted by Crippen LogP contribution is 2.24. The molecule has 0 unspecified atom stereocenters. The molecule has 0 saturated heterocycles. The van der Waals surface area contributed by atoms with Crippen molar-refractivity contribution in [3.05, 3.63) is 89.5 Å². The first-order chi connectivity index (χ1) is 14.0. The van der Waals surface area contributed by atoms with Crippen LogP contribution in [-0.4, -0.2) is 12.6 Å². The molecule has 2 aromatic carbocycles. The minimum absolute atomic E-state index is 0.317. The van der Waals surface area contributed by atoms with E-state index in [1.165, 1.54) is 6.26 Å². The summed E-state index contributed by atoms with van der Waals surface area (Å²) in [5.74, 6) is -0.105. The molecule has 0 fully saturated rings. The number of hydrogen-bond acceptors (Lipinski definition) is 5. The average molecular weight is 390 g/mol. The first-order valence-electron chi connectivity index (χ1n) is 9.25. The van der Waals surface area contributed by atoms with Gasteiger partial charge in [0.1, 0.15) is 11.3 Å². The number of rotatable bonds is 8.